The predicted molar refractivity (Wildman–Crippen MR) is 117 cm³/mol. The minimum atomic E-state index is 0.0830. The minimum Gasteiger partial charge on any atom is -0.379 e. The van der Waals surface area contributed by atoms with Crippen LogP contribution in [0.1, 0.15) is 11.3 Å². The molecule has 1 amide bonds. The summed E-state index contributed by atoms with van der Waals surface area (Å²) in [4.78, 5) is 23.1. The molecule has 5 nitrogen and oxygen atoms in total. The van der Waals surface area contributed by atoms with E-state index in [1.54, 1.807) is 11.3 Å². The molecule has 3 heterocycles. The zero-order valence-corrected chi connectivity index (χ0v) is 17.9. The maximum Gasteiger partial charge on any atom is 0.234 e. The second kappa shape index (κ2) is 9.33. The van der Waals surface area contributed by atoms with Gasteiger partial charge in [0.15, 0.2) is 5.13 Å². The first-order chi connectivity index (χ1) is 13.7. The van der Waals surface area contributed by atoms with Crippen molar-refractivity contribution in [2.24, 2.45) is 0 Å². The number of hydrogen-bond acceptors (Lipinski definition) is 6. The molecule has 0 saturated carbocycles. The van der Waals surface area contributed by atoms with E-state index in [2.05, 4.69) is 9.88 Å². The normalized spacial score (nSPS) is 15.2. The molecular formula is C20H22ClN3O2S2. The zero-order chi connectivity index (χ0) is 19.3. The van der Waals surface area contributed by atoms with Crippen molar-refractivity contribution >= 4 is 55.5 Å². The van der Waals surface area contributed by atoms with Gasteiger partial charge in [-0.05, 0) is 30.0 Å². The second-order valence-corrected chi connectivity index (χ2v) is 9.14. The van der Waals surface area contributed by atoms with Gasteiger partial charge in [0, 0.05) is 31.1 Å². The Morgan fingerprint density at radius 2 is 2.11 bits per heavy atom. The summed E-state index contributed by atoms with van der Waals surface area (Å²) < 4.78 is 6.42. The lowest BCUT2D eigenvalue weighted by molar-refractivity contribution is -0.118. The lowest BCUT2D eigenvalue weighted by Gasteiger charge is -2.27. The number of hydrogen-bond donors (Lipinski definition) is 0. The average molecular weight is 436 g/mol. The zero-order valence-electron chi connectivity index (χ0n) is 15.5. The van der Waals surface area contributed by atoms with Crippen LogP contribution in [0.25, 0.3) is 10.2 Å². The molecule has 0 radical (unpaired) electrons. The molecule has 0 spiro atoms. The van der Waals surface area contributed by atoms with Crippen molar-refractivity contribution in [2.45, 2.75) is 12.8 Å². The number of benzene rings is 1. The van der Waals surface area contributed by atoms with E-state index in [-0.39, 0.29) is 5.91 Å². The number of carbonyl (C=O) groups is 1. The van der Waals surface area contributed by atoms with Crippen LogP contribution in [0.2, 0.25) is 5.02 Å². The molecule has 0 N–H and O–H groups in total. The molecule has 3 aromatic rings. The number of rotatable bonds is 7. The minimum absolute atomic E-state index is 0.0830. The highest BCUT2D eigenvalue weighted by Crippen LogP contribution is 2.33. The summed E-state index contributed by atoms with van der Waals surface area (Å²) in [5.41, 5.74) is 0.770. The molecule has 0 unspecified atom stereocenters. The van der Waals surface area contributed by atoms with E-state index in [0.717, 1.165) is 59.5 Å². The van der Waals surface area contributed by atoms with Crippen LogP contribution in [-0.4, -0.2) is 55.2 Å². The molecule has 1 fully saturated rings. The number of thiophene rings is 1. The molecule has 4 rings (SSSR count). The molecule has 2 aromatic heterocycles. The van der Waals surface area contributed by atoms with Gasteiger partial charge in [-0.3, -0.25) is 14.6 Å². The van der Waals surface area contributed by atoms with Crippen LogP contribution in [0.3, 0.4) is 0 Å². The van der Waals surface area contributed by atoms with E-state index < -0.39 is 0 Å². The standard InChI is InChI=1S/C20H22ClN3O2S2/c21-16-5-1-6-17-19(16)22-20(28-17)24(18(25)14-15-4-2-13-27-15)8-3-7-23-9-11-26-12-10-23/h1-2,4-6,13H,3,7-12,14H2. The topological polar surface area (TPSA) is 45.7 Å². The van der Waals surface area contributed by atoms with Crippen molar-refractivity contribution in [1.82, 2.24) is 9.88 Å². The third-order valence-electron chi connectivity index (χ3n) is 4.76. The van der Waals surface area contributed by atoms with E-state index in [1.165, 1.54) is 11.3 Å². The third-order valence-corrected chi connectivity index (χ3v) is 6.98. The summed E-state index contributed by atoms with van der Waals surface area (Å²) in [5, 5.41) is 3.36. The second-order valence-electron chi connectivity index (χ2n) is 6.69. The van der Waals surface area contributed by atoms with E-state index in [9.17, 15) is 4.79 Å². The quantitative estimate of drug-likeness (QED) is 0.554. The fraction of sp³-hybridized carbons (Fsp3) is 0.400. The Kier molecular flexibility index (Phi) is 6.59. The van der Waals surface area contributed by atoms with Gasteiger partial charge in [-0.2, -0.15) is 0 Å². The van der Waals surface area contributed by atoms with Crippen molar-refractivity contribution in [3.05, 3.63) is 45.6 Å². The summed E-state index contributed by atoms with van der Waals surface area (Å²) in [6.07, 6.45) is 1.30. The Balaban J connectivity index is 1.51. The number of morpholine rings is 1. The highest BCUT2D eigenvalue weighted by atomic mass is 35.5. The predicted octanol–water partition coefficient (Wildman–Crippen LogP) is 4.31. The average Bonchev–Trinajstić information content (AvgIpc) is 3.36. The number of ether oxygens (including phenoxy) is 1. The van der Waals surface area contributed by atoms with E-state index in [4.69, 9.17) is 16.3 Å². The van der Waals surface area contributed by atoms with Crippen LogP contribution < -0.4 is 4.90 Å². The van der Waals surface area contributed by atoms with Crippen molar-refractivity contribution in [2.75, 3.05) is 44.3 Å². The van der Waals surface area contributed by atoms with Gasteiger partial charge in [0.2, 0.25) is 5.91 Å². The fourth-order valence-electron chi connectivity index (χ4n) is 3.28. The highest BCUT2D eigenvalue weighted by Gasteiger charge is 2.21. The summed E-state index contributed by atoms with van der Waals surface area (Å²) in [6, 6.07) is 9.74. The SMILES string of the molecule is O=C(Cc1cccs1)N(CCCN1CCOCC1)c1nc2c(Cl)cccc2s1. The van der Waals surface area contributed by atoms with E-state index in [0.29, 0.717) is 18.0 Å². The smallest absolute Gasteiger partial charge is 0.234 e. The lowest BCUT2D eigenvalue weighted by atomic mass is 10.3. The van der Waals surface area contributed by atoms with Gasteiger partial charge in [0.25, 0.3) is 0 Å². The van der Waals surface area contributed by atoms with Crippen LogP contribution in [-0.2, 0) is 16.0 Å². The first kappa shape index (κ1) is 19.8. The highest BCUT2D eigenvalue weighted by molar-refractivity contribution is 7.22. The van der Waals surface area contributed by atoms with Gasteiger partial charge >= 0.3 is 0 Å². The Hall–Kier alpha value is -1.51. The fourth-order valence-corrected chi connectivity index (χ4v) is 5.29. The van der Waals surface area contributed by atoms with Gasteiger partial charge in [-0.15, -0.1) is 11.3 Å². The summed E-state index contributed by atoms with van der Waals surface area (Å²) >= 11 is 9.44. The van der Waals surface area contributed by atoms with Gasteiger partial charge in [-0.1, -0.05) is 35.1 Å². The Bertz CT molecular complexity index is 923. The van der Waals surface area contributed by atoms with Crippen LogP contribution in [0, 0.1) is 0 Å². The largest absolute Gasteiger partial charge is 0.379 e. The summed E-state index contributed by atoms with van der Waals surface area (Å²) in [5.74, 6) is 0.0830. The van der Waals surface area contributed by atoms with E-state index >= 15 is 0 Å². The Labute approximate surface area is 177 Å². The number of halogens is 1. The third kappa shape index (κ3) is 4.72. The molecular weight excluding hydrogens is 414 g/mol. The summed E-state index contributed by atoms with van der Waals surface area (Å²) in [6.45, 7) is 5.10. The van der Waals surface area contributed by atoms with E-state index in [1.807, 2.05) is 40.6 Å². The first-order valence-corrected chi connectivity index (χ1v) is 11.5. The molecule has 28 heavy (non-hydrogen) atoms. The molecule has 1 saturated heterocycles. The number of carbonyl (C=O) groups excluding carboxylic acids is 1. The Morgan fingerprint density at radius 3 is 2.86 bits per heavy atom. The van der Waals surface area contributed by atoms with Gasteiger partial charge in [0.1, 0.15) is 5.52 Å². The number of para-hydroxylation sites is 1. The van der Waals surface area contributed by atoms with Crippen molar-refractivity contribution in [3.8, 4) is 0 Å². The first-order valence-electron chi connectivity index (χ1n) is 9.38. The van der Waals surface area contributed by atoms with Crippen molar-refractivity contribution in [3.63, 3.8) is 0 Å². The molecule has 0 atom stereocenters. The van der Waals surface area contributed by atoms with Crippen LogP contribution >= 0.6 is 34.3 Å². The molecule has 1 aromatic carbocycles. The molecule has 0 bridgehead atoms. The van der Waals surface area contributed by atoms with Crippen LogP contribution in [0.5, 0.6) is 0 Å². The number of aromatic nitrogens is 1. The number of nitrogens with zero attached hydrogens (tertiary/aromatic N) is 3. The lowest BCUT2D eigenvalue weighted by Crippen LogP contribution is -2.39. The monoisotopic (exact) mass is 435 g/mol. The number of thiazole rings is 1. The number of fused-ring (bicyclic) bond motifs is 1. The van der Waals surface area contributed by atoms with Gasteiger partial charge < -0.3 is 4.74 Å². The molecule has 0 aliphatic carbocycles. The molecule has 1 aliphatic heterocycles. The molecule has 8 heteroatoms. The summed E-state index contributed by atoms with van der Waals surface area (Å²) in [7, 11) is 0. The van der Waals surface area contributed by atoms with Crippen LogP contribution in [0.4, 0.5) is 5.13 Å². The van der Waals surface area contributed by atoms with Crippen molar-refractivity contribution in [1.29, 1.82) is 0 Å². The number of amides is 1. The molecule has 1 aliphatic rings. The van der Waals surface area contributed by atoms with Gasteiger partial charge in [0.05, 0.1) is 29.4 Å². The number of anilines is 1. The molecule has 148 valence electrons. The maximum absolute atomic E-state index is 13.1. The Morgan fingerprint density at radius 1 is 1.25 bits per heavy atom. The van der Waals surface area contributed by atoms with Gasteiger partial charge in [-0.25, -0.2) is 4.98 Å². The van der Waals surface area contributed by atoms with Crippen molar-refractivity contribution < 1.29 is 9.53 Å². The van der Waals surface area contributed by atoms with Crippen LogP contribution in [0.15, 0.2) is 35.7 Å². The maximum atomic E-state index is 13.1.